The van der Waals surface area contributed by atoms with Gasteiger partial charge < -0.3 is 5.32 Å². The summed E-state index contributed by atoms with van der Waals surface area (Å²) in [5, 5.41) is 15.1. The van der Waals surface area contributed by atoms with Crippen LogP contribution in [0, 0.1) is 0 Å². The number of aryl methyl sites for hydroxylation is 1. The van der Waals surface area contributed by atoms with Gasteiger partial charge in [-0.15, -0.1) is 5.10 Å². The van der Waals surface area contributed by atoms with Gasteiger partial charge in [-0.1, -0.05) is 17.3 Å². The van der Waals surface area contributed by atoms with Crippen LogP contribution in [0.3, 0.4) is 0 Å². The van der Waals surface area contributed by atoms with E-state index in [2.05, 4.69) is 15.6 Å². The van der Waals surface area contributed by atoms with E-state index < -0.39 is 10.0 Å². The van der Waals surface area contributed by atoms with Crippen LogP contribution in [0.4, 0.5) is 0 Å². The van der Waals surface area contributed by atoms with Crippen LogP contribution < -0.4 is 10.5 Å². The Morgan fingerprint density at radius 3 is 2.57 bits per heavy atom. The number of benzene rings is 1. The number of nitrogens with zero attached hydrogens (tertiary/aromatic N) is 3. The van der Waals surface area contributed by atoms with Gasteiger partial charge in [-0.3, -0.25) is 9.48 Å². The monoisotopic (exact) mass is 309 g/mol. The third-order valence-electron chi connectivity index (χ3n) is 2.78. The summed E-state index contributed by atoms with van der Waals surface area (Å²) in [6, 6.07) is 6.04. The minimum absolute atomic E-state index is 0.0451. The van der Waals surface area contributed by atoms with Crippen LogP contribution in [0.1, 0.15) is 12.0 Å². The van der Waals surface area contributed by atoms with Crippen LogP contribution in [0.2, 0.25) is 0 Å². The Morgan fingerprint density at radius 2 is 2.00 bits per heavy atom. The Morgan fingerprint density at radius 1 is 1.29 bits per heavy atom. The van der Waals surface area contributed by atoms with Crippen molar-refractivity contribution in [3.05, 3.63) is 42.2 Å². The molecule has 0 fully saturated rings. The molecule has 0 aliphatic carbocycles. The van der Waals surface area contributed by atoms with Crippen LogP contribution in [0.15, 0.2) is 41.6 Å². The quantitative estimate of drug-likeness (QED) is 0.754. The molecule has 0 aliphatic rings. The average molecular weight is 309 g/mol. The molecular weight excluding hydrogens is 294 g/mol. The second-order valence-corrected chi connectivity index (χ2v) is 5.94. The average Bonchev–Trinajstić information content (AvgIpc) is 2.95. The summed E-state index contributed by atoms with van der Waals surface area (Å²) in [6.07, 6.45) is 3.52. The molecule has 2 rings (SSSR count). The summed E-state index contributed by atoms with van der Waals surface area (Å²) in [4.78, 5) is 11.7. The van der Waals surface area contributed by atoms with Crippen LogP contribution in [0.5, 0.6) is 0 Å². The second-order valence-electron chi connectivity index (χ2n) is 4.38. The van der Waals surface area contributed by atoms with Gasteiger partial charge in [0.25, 0.3) is 0 Å². The maximum atomic E-state index is 11.6. The molecule has 0 atom stereocenters. The summed E-state index contributed by atoms with van der Waals surface area (Å²) < 4.78 is 23.8. The molecule has 0 saturated heterocycles. The first-order valence-electron chi connectivity index (χ1n) is 6.18. The van der Waals surface area contributed by atoms with Crippen LogP contribution in [-0.4, -0.2) is 29.3 Å². The molecular formula is C12H15N5O3S. The number of nitrogens with one attached hydrogen (secondary N) is 1. The van der Waals surface area contributed by atoms with Crippen molar-refractivity contribution >= 4 is 15.9 Å². The van der Waals surface area contributed by atoms with Gasteiger partial charge in [0.2, 0.25) is 15.9 Å². The van der Waals surface area contributed by atoms with Crippen molar-refractivity contribution in [3.63, 3.8) is 0 Å². The third kappa shape index (κ3) is 4.65. The number of hydrogen-bond acceptors (Lipinski definition) is 5. The maximum Gasteiger partial charge on any atom is 0.238 e. The Labute approximate surface area is 122 Å². The highest BCUT2D eigenvalue weighted by Gasteiger charge is 2.07. The molecule has 21 heavy (non-hydrogen) atoms. The van der Waals surface area contributed by atoms with Gasteiger partial charge in [0.05, 0.1) is 17.6 Å². The molecule has 112 valence electrons. The zero-order chi connectivity index (χ0) is 15.3. The fourth-order valence-corrected chi connectivity index (χ4v) is 2.17. The van der Waals surface area contributed by atoms with E-state index in [0.717, 1.165) is 5.56 Å². The number of amides is 1. The second kappa shape index (κ2) is 6.46. The summed E-state index contributed by atoms with van der Waals surface area (Å²) >= 11 is 0. The van der Waals surface area contributed by atoms with E-state index in [1.807, 2.05) is 0 Å². The molecule has 1 amide bonds. The lowest BCUT2D eigenvalue weighted by atomic mass is 10.2. The van der Waals surface area contributed by atoms with E-state index in [4.69, 9.17) is 5.14 Å². The first-order chi connectivity index (χ1) is 9.95. The van der Waals surface area contributed by atoms with Crippen molar-refractivity contribution < 1.29 is 13.2 Å². The Balaban J connectivity index is 1.81. The first kappa shape index (κ1) is 15.1. The van der Waals surface area contributed by atoms with Crippen molar-refractivity contribution in [1.29, 1.82) is 0 Å². The van der Waals surface area contributed by atoms with Crippen LogP contribution in [0.25, 0.3) is 0 Å². The smallest absolute Gasteiger partial charge is 0.238 e. The number of hydrogen-bond donors (Lipinski definition) is 2. The minimum atomic E-state index is -3.69. The van der Waals surface area contributed by atoms with E-state index in [-0.39, 0.29) is 10.8 Å². The lowest BCUT2D eigenvalue weighted by Gasteiger charge is -2.06. The predicted octanol–water partition coefficient (Wildman–Crippen LogP) is -0.368. The van der Waals surface area contributed by atoms with Gasteiger partial charge in [-0.2, -0.15) is 0 Å². The third-order valence-corrected chi connectivity index (χ3v) is 3.71. The number of carbonyl (C=O) groups excluding carboxylic acids is 1. The molecule has 1 heterocycles. The lowest BCUT2D eigenvalue weighted by Crippen LogP contribution is -2.24. The molecule has 0 radical (unpaired) electrons. The molecule has 0 unspecified atom stereocenters. The number of carbonyl (C=O) groups is 1. The van der Waals surface area contributed by atoms with E-state index >= 15 is 0 Å². The number of primary sulfonamides is 1. The molecule has 8 nitrogen and oxygen atoms in total. The van der Waals surface area contributed by atoms with Crippen molar-refractivity contribution in [1.82, 2.24) is 20.3 Å². The number of nitrogens with two attached hydrogens (primary N) is 1. The van der Waals surface area contributed by atoms with Gasteiger partial charge in [0.1, 0.15) is 0 Å². The fourth-order valence-electron chi connectivity index (χ4n) is 1.65. The normalized spacial score (nSPS) is 11.3. The molecule has 2 aromatic rings. The van der Waals surface area contributed by atoms with Crippen molar-refractivity contribution in [3.8, 4) is 0 Å². The minimum Gasteiger partial charge on any atom is -0.352 e. The highest BCUT2D eigenvalue weighted by Crippen LogP contribution is 2.08. The van der Waals surface area contributed by atoms with Crippen molar-refractivity contribution in [2.24, 2.45) is 5.14 Å². The van der Waals surface area contributed by atoms with E-state index in [0.29, 0.717) is 19.5 Å². The highest BCUT2D eigenvalue weighted by atomic mass is 32.2. The molecule has 3 N–H and O–H groups in total. The van der Waals surface area contributed by atoms with Gasteiger partial charge in [-0.05, 0) is 17.7 Å². The SMILES string of the molecule is NS(=O)(=O)c1ccc(CNC(=O)CCn2ccnn2)cc1. The van der Waals surface area contributed by atoms with E-state index in [9.17, 15) is 13.2 Å². The topological polar surface area (TPSA) is 120 Å². The fraction of sp³-hybridized carbons (Fsp3) is 0.250. The molecule has 9 heteroatoms. The molecule has 0 bridgehead atoms. The number of sulfonamides is 1. The standard InChI is InChI=1S/C12H15N5O3S/c13-21(19,20)11-3-1-10(2-4-11)9-14-12(18)5-7-17-8-6-15-16-17/h1-4,6,8H,5,7,9H2,(H,14,18)(H2,13,19,20). The molecule has 0 aliphatic heterocycles. The lowest BCUT2D eigenvalue weighted by molar-refractivity contribution is -0.121. The van der Waals surface area contributed by atoms with Crippen LogP contribution in [-0.2, 0) is 27.9 Å². The largest absolute Gasteiger partial charge is 0.352 e. The van der Waals surface area contributed by atoms with Gasteiger partial charge in [-0.25, -0.2) is 13.6 Å². The van der Waals surface area contributed by atoms with Crippen molar-refractivity contribution in [2.75, 3.05) is 0 Å². The Hall–Kier alpha value is -2.26. The molecule has 1 aromatic heterocycles. The van der Waals surface area contributed by atoms with E-state index in [1.165, 1.54) is 12.1 Å². The maximum absolute atomic E-state index is 11.6. The number of aromatic nitrogens is 3. The Bertz CT molecular complexity index is 695. The summed E-state index contributed by atoms with van der Waals surface area (Å²) in [6.45, 7) is 0.775. The predicted molar refractivity (Wildman–Crippen MR) is 74.3 cm³/mol. The summed E-state index contributed by atoms with van der Waals surface area (Å²) in [7, 11) is -3.69. The van der Waals surface area contributed by atoms with Crippen LogP contribution >= 0.6 is 0 Å². The molecule has 0 saturated carbocycles. The zero-order valence-corrected chi connectivity index (χ0v) is 12.0. The highest BCUT2D eigenvalue weighted by molar-refractivity contribution is 7.89. The molecule has 0 spiro atoms. The zero-order valence-electron chi connectivity index (χ0n) is 11.1. The summed E-state index contributed by atoms with van der Waals surface area (Å²) in [5.41, 5.74) is 0.788. The summed E-state index contributed by atoms with van der Waals surface area (Å²) in [5.74, 6) is -0.124. The Kier molecular flexibility index (Phi) is 4.66. The molecule has 1 aromatic carbocycles. The first-order valence-corrected chi connectivity index (χ1v) is 7.72. The van der Waals surface area contributed by atoms with Gasteiger partial charge in [0, 0.05) is 19.2 Å². The van der Waals surface area contributed by atoms with E-state index in [1.54, 1.807) is 29.2 Å². The number of rotatable bonds is 6. The van der Waals surface area contributed by atoms with Gasteiger partial charge >= 0.3 is 0 Å². The van der Waals surface area contributed by atoms with Gasteiger partial charge in [0.15, 0.2) is 0 Å². The van der Waals surface area contributed by atoms with Crippen molar-refractivity contribution in [2.45, 2.75) is 24.4 Å².